The first-order valence-corrected chi connectivity index (χ1v) is 5.71. The summed E-state index contributed by atoms with van der Waals surface area (Å²) in [6.45, 7) is 0.835. The molecule has 92 valence electrons. The summed E-state index contributed by atoms with van der Waals surface area (Å²) in [6.07, 6.45) is 0.814. The van der Waals surface area contributed by atoms with Crippen LogP contribution >= 0.6 is 0 Å². The maximum Gasteiger partial charge on any atom is 0.310 e. The number of hydrogen-bond acceptors (Lipinski definition) is 4. The minimum absolute atomic E-state index is 0.0255. The van der Waals surface area contributed by atoms with Gasteiger partial charge in [-0.05, 0) is 30.7 Å². The third kappa shape index (κ3) is 2.42. The Morgan fingerprint density at radius 1 is 1.41 bits per heavy atom. The quantitative estimate of drug-likeness (QED) is 0.807. The molecular weight excluding hydrogens is 218 g/mol. The van der Waals surface area contributed by atoms with E-state index in [1.807, 2.05) is 24.3 Å². The highest BCUT2D eigenvalue weighted by Crippen LogP contribution is 2.31. The third-order valence-corrected chi connectivity index (χ3v) is 3.18. The number of benzene rings is 1. The van der Waals surface area contributed by atoms with Crippen molar-refractivity contribution in [1.82, 2.24) is 5.32 Å². The molecular formula is C13H17NO3. The van der Waals surface area contributed by atoms with Crippen molar-refractivity contribution in [3.8, 4) is 5.75 Å². The average Bonchev–Trinajstić information content (AvgIpc) is 2.87. The van der Waals surface area contributed by atoms with E-state index in [-0.39, 0.29) is 17.9 Å². The molecule has 2 rings (SSSR count). The van der Waals surface area contributed by atoms with E-state index in [1.165, 1.54) is 7.11 Å². The van der Waals surface area contributed by atoms with Crippen LogP contribution in [0.25, 0.3) is 0 Å². The molecule has 0 bridgehead atoms. The molecule has 1 aromatic rings. The van der Waals surface area contributed by atoms with Gasteiger partial charge in [0.2, 0.25) is 0 Å². The zero-order chi connectivity index (χ0) is 12.3. The number of nitrogens with one attached hydrogen (secondary N) is 1. The van der Waals surface area contributed by atoms with Crippen molar-refractivity contribution in [1.29, 1.82) is 0 Å². The molecule has 0 spiro atoms. The Balaban J connectivity index is 2.22. The average molecular weight is 235 g/mol. The predicted octanol–water partition coefficient (Wildman–Crippen LogP) is 1.52. The zero-order valence-electron chi connectivity index (χ0n) is 10.1. The van der Waals surface area contributed by atoms with E-state index in [0.29, 0.717) is 0 Å². The summed E-state index contributed by atoms with van der Waals surface area (Å²) >= 11 is 0. The van der Waals surface area contributed by atoms with Crippen molar-refractivity contribution in [3.63, 3.8) is 0 Å². The lowest BCUT2D eigenvalue weighted by atomic mass is 9.94. The third-order valence-electron chi connectivity index (χ3n) is 3.18. The molecule has 0 aliphatic carbocycles. The molecule has 0 radical (unpaired) electrons. The Morgan fingerprint density at radius 2 is 2.24 bits per heavy atom. The molecule has 1 saturated heterocycles. The van der Waals surface area contributed by atoms with Crippen molar-refractivity contribution in [2.75, 3.05) is 20.8 Å². The summed E-state index contributed by atoms with van der Waals surface area (Å²) in [5.74, 6) is 0.551. The molecule has 2 atom stereocenters. The van der Waals surface area contributed by atoms with E-state index in [2.05, 4.69) is 5.32 Å². The largest absolute Gasteiger partial charge is 0.497 e. The van der Waals surface area contributed by atoms with Crippen LogP contribution in [0.1, 0.15) is 18.0 Å². The van der Waals surface area contributed by atoms with Gasteiger partial charge in [-0.15, -0.1) is 0 Å². The zero-order valence-corrected chi connectivity index (χ0v) is 10.1. The van der Waals surface area contributed by atoms with Crippen LogP contribution in [-0.4, -0.2) is 26.7 Å². The highest BCUT2D eigenvalue weighted by Gasteiger charge is 2.34. The van der Waals surface area contributed by atoms with Gasteiger partial charge in [-0.3, -0.25) is 4.79 Å². The van der Waals surface area contributed by atoms with Gasteiger partial charge in [-0.2, -0.15) is 0 Å². The first-order valence-electron chi connectivity index (χ1n) is 5.71. The van der Waals surface area contributed by atoms with Crippen molar-refractivity contribution in [2.24, 2.45) is 5.92 Å². The first kappa shape index (κ1) is 11.9. The van der Waals surface area contributed by atoms with Crippen LogP contribution in [0.4, 0.5) is 0 Å². The minimum Gasteiger partial charge on any atom is -0.497 e. The Bertz CT molecular complexity index is 405. The van der Waals surface area contributed by atoms with Gasteiger partial charge in [-0.25, -0.2) is 0 Å². The van der Waals surface area contributed by atoms with Crippen LogP contribution in [0, 0.1) is 5.92 Å². The van der Waals surface area contributed by atoms with Gasteiger partial charge < -0.3 is 14.8 Å². The number of methoxy groups -OCH3 is 2. The predicted molar refractivity (Wildman–Crippen MR) is 63.9 cm³/mol. The summed E-state index contributed by atoms with van der Waals surface area (Å²) in [5, 5.41) is 3.33. The number of carbonyl (C=O) groups is 1. The topological polar surface area (TPSA) is 47.6 Å². The highest BCUT2D eigenvalue weighted by molar-refractivity contribution is 5.74. The van der Waals surface area contributed by atoms with Crippen molar-refractivity contribution in [2.45, 2.75) is 12.5 Å². The Morgan fingerprint density at radius 3 is 2.94 bits per heavy atom. The lowest BCUT2D eigenvalue weighted by Gasteiger charge is -2.18. The van der Waals surface area contributed by atoms with Crippen molar-refractivity contribution < 1.29 is 14.3 Å². The molecule has 0 amide bonds. The molecule has 0 unspecified atom stereocenters. The molecule has 0 saturated carbocycles. The molecule has 1 fully saturated rings. The van der Waals surface area contributed by atoms with Crippen LogP contribution in [0.3, 0.4) is 0 Å². The SMILES string of the molecule is COC(=O)[C@@H]1CCN[C@@H]1c1cccc(OC)c1. The fraction of sp³-hybridized carbons (Fsp3) is 0.462. The molecule has 1 aliphatic heterocycles. The highest BCUT2D eigenvalue weighted by atomic mass is 16.5. The van der Waals surface area contributed by atoms with Gasteiger partial charge in [0.25, 0.3) is 0 Å². The van der Waals surface area contributed by atoms with Crippen LogP contribution in [0.15, 0.2) is 24.3 Å². The van der Waals surface area contributed by atoms with Crippen LogP contribution in [0.2, 0.25) is 0 Å². The smallest absolute Gasteiger partial charge is 0.310 e. The Labute approximate surface area is 101 Å². The van der Waals surface area contributed by atoms with E-state index in [9.17, 15) is 4.79 Å². The standard InChI is InChI=1S/C13H17NO3/c1-16-10-5-3-4-9(8-10)12-11(6-7-14-12)13(15)17-2/h3-5,8,11-12,14H,6-7H2,1-2H3/t11-,12-/m1/s1. The molecule has 4 heteroatoms. The van der Waals surface area contributed by atoms with Gasteiger partial charge in [-0.1, -0.05) is 12.1 Å². The summed E-state index contributed by atoms with van der Waals surface area (Å²) in [4.78, 5) is 11.7. The van der Waals surface area contributed by atoms with E-state index in [0.717, 1.165) is 24.3 Å². The molecule has 1 heterocycles. The normalized spacial score (nSPS) is 23.4. The fourth-order valence-electron chi connectivity index (χ4n) is 2.29. The van der Waals surface area contributed by atoms with Crippen LogP contribution in [0.5, 0.6) is 5.75 Å². The molecule has 4 nitrogen and oxygen atoms in total. The van der Waals surface area contributed by atoms with Gasteiger partial charge in [0.05, 0.1) is 20.1 Å². The Hall–Kier alpha value is -1.55. The van der Waals surface area contributed by atoms with E-state index < -0.39 is 0 Å². The van der Waals surface area contributed by atoms with Crippen molar-refractivity contribution >= 4 is 5.97 Å². The summed E-state index contributed by atoms with van der Waals surface area (Å²) in [6, 6.07) is 7.81. The molecule has 17 heavy (non-hydrogen) atoms. The lowest BCUT2D eigenvalue weighted by Crippen LogP contribution is -2.24. The second kappa shape index (κ2) is 5.19. The van der Waals surface area contributed by atoms with Gasteiger partial charge >= 0.3 is 5.97 Å². The molecule has 1 N–H and O–H groups in total. The number of carbonyl (C=O) groups excluding carboxylic acids is 1. The van der Waals surface area contributed by atoms with Gasteiger partial charge in [0.15, 0.2) is 0 Å². The van der Waals surface area contributed by atoms with Gasteiger partial charge in [0.1, 0.15) is 5.75 Å². The maximum atomic E-state index is 11.7. The Kier molecular flexibility index (Phi) is 3.64. The van der Waals surface area contributed by atoms with E-state index >= 15 is 0 Å². The number of hydrogen-bond donors (Lipinski definition) is 1. The van der Waals surface area contributed by atoms with Crippen LogP contribution in [-0.2, 0) is 9.53 Å². The summed E-state index contributed by atoms with van der Waals surface area (Å²) in [5.41, 5.74) is 1.07. The second-order valence-corrected chi connectivity index (χ2v) is 4.13. The molecule has 1 aliphatic rings. The first-order chi connectivity index (χ1) is 8.26. The minimum atomic E-state index is -0.150. The summed E-state index contributed by atoms with van der Waals surface area (Å²) in [7, 11) is 3.07. The summed E-state index contributed by atoms with van der Waals surface area (Å²) < 4.78 is 10.0. The lowest BCUT2D eigenvalue weighted by molar-refractivity contribution is -0.145. The monoisotopic (exact) mass is 235 g/mol. The number of ether oxygens (including phenoxy) is 2. The van der Waals surface area contributed by atoms with E-state index in [4.69, 9.17) is 9.47 Å². The second-order valence-electron chi connectivity index (χ2n) is 4.13. The van der Waals surface area contributed by atoms with Gasteiger partial charge in [0, 0.05) is 6.04 Å². The number of esters is 1. The number of rotatable bonds is 3. The molecule has 0 aromatic heterocycles. The van der Waals surface area contributed by atoms with E-state index in [1.54, 1.807) is 7.11 Å². The molecule has 1 aromatic carbocycles. The maximum absolute atomic E-state index is 11.7. The van der Waals surface area contributed by atoms with Crippen molar-refractivity contribution in [3.05, 3.63) is 29.8 Å². The fourth-order valence-corrected chi connectivity index (χ4v) is 2.29. The van der Waals surface area contributed by atoms with Crippen LogP contribution < -0.4 is 10.1 Å².